The van der Waals surface area contributed by atoms with E-state index in [0.29, 0.717) is 25.3 Å². The first-order valence-corrected chi connectivity index (χ1v) is 7.91. The molecule has 4 N–H and O–H groups in total. The fourth-order valence-electron chi connectivity index (χ4n) is 1.20. The fraction of sp³-hybridized carbons (Fsp3) is 0.765. The molecule has 2 unspecified atom stereocenters. The molecule has 0 aromatic rings. The lowest BCUT2D eigenvalue weighted by Crippen LogP contribution is -2.96. The summed E-state index contributed by atoms with van der Waals surface area (Å²) in [5.41, 5.74) is 0.296. The van der Waals surface area contributed by atoms with Gasteiger partial charge >= 0.3 is 5.97 Å². The molecule has 0 heterocycles. The molecule has 0 radical (unpaired) electrons. The molecule has 0 bridgehead atoms. The van der Waals surface area contributed by atoms with E-state index in [9.17, 15) is 19.8 Å². The normalized spacial score (nSPS) is 14.7. The first-order chi connectivity index (χ1) is 10.6. The highest BCUT2D eigenvalue weighted by atomic mass is 16.5. The minimum atomic E-state index is -1.51. The van der Waals surface area contributed by atoms with Crippen molar-refractivity contribution in [1.29, 1.82) is 0 Å². The van der Waals surface area contributed by atoms with Crippen LogP contribution >= 0.6 is 0 Å². The molecular weight excluding hydrogens is 314 g/mol. The molecule has 24 heavy (non-hydrogen) atoms. The molecule has 7 nitrogen and oxygen atoms in total. The molecular formula is C17H33NO6. The molecule has 0 fully saturated rings. The van der Waals surface area contributed by atoms with Crippen LogP contribution in [0.15, 0.2) is 12.2 Å². The van der Waals surface area contributed by atoms with E-state index in [4.69, 9.17) is 9.84 Å². The largest absolute Gasteiger partial charge is 0.545 e. The van der Waals surface area contributed by atoms with Gasteiger partial charge in [0.2, 0.25) is 0 Å². The first-order valence-electron chi connectivity index (χ1n) is 7.91. The van der Waals surface area contributed by atoms with Gasteiger partial charge < -0.3 is 30.2 Å². The van der Waals surface area contributed by atoms with Crippen LogP contribution in [0, 0.1) is 5.41 Å². The average molecular weight is 347 g/mol. The van der Waals surface area contributed by atoms with Crippen LogP contribution in [0.4, 0.5) is 0 Å². The zero-order chi connectivity index (χ0) is 19.6. The van der Waals surface area contributed by atoms with E-state index in [2.05, 4.69) is 53.8 Å². The summed E-state index contributed by atoms with van der Waals surface area (Å²) in [5.74, 6) is -2.80. The lowest BCUT2D eigenvalue weighted by molar-refractivity contribution is -0.722. The number of hydrogen-bond donors (Lipinski definition) is 3. The standard InChI is InChI=1S/C13H29NO2.C4H4O4/c1-10(12(2,3)4)16-9-11(15)8-14-13(5,6)7;5-3(6)1-2-4(7)8/h10-11,14-15H,8-9H2,1-7H3;1-2H,(H,5,6)(H,7,8)/b;2-1+. The second kappa shape index (κ2) is 11.2. The number of hydrogen-bond acceptors (Lipinski definition) is 5. The number of quaternary nitrogens is 1. The maximum absolute atomic E-state index is 9.77. The van der Waals surface area contributed by atoms with E-state index in [0.717, 1.165) is 0 Å². The molecule has 0 rings (SSSR count). The second-order valence-corrected chi connectivity index (χ2v) is 7.79. The van der Waals surface area contributed by atoms with E-state index in [-0.39, 0.29) is 23.2 Å². The quantitative estimate of drug-likeness (QED) is 0.535. The van der Waals surface area contributed by atoms with E-state index in [1.807, 2.05) is 0 Å². The van der Waals surface area contributed by atoms with Crippen LogP contribution in [0.3, 0.4) is 0 Å². The van der Waals surface area contributed by atoms with Crippen LogP contribution in [0.5, 0.6) is 0 Å². The van der Waals surface area contributed by atoms with Crippen molar-refractivity contribution >= 4 is 11.9 Å². The van der Waals surface area contributed by atoms with Crippen LogP contribution in [-0.2, 0) is 14.3 Å². The maximum Gasteiger partial charge on any atom is 0.328 e. The zero-order valence-corrected chi connectivity index (χ0v) is 15.8. The van der Waals surface area contributed by atoms with Gasteiger partial charge in [-0.2, -0.15) is 0 Å². The van der Waals surface area contributed by atoms with Crippen molar-refractivity contribution in [1.82, 2.24) is 0 Å². The number of aliphatic carboxylic acids is 2. The van der Waals surface area contributed by atoms with Crippen LogP contribution < -0.4 is 10.4 Å². The summed E-state index contributed by atoms with van der Waals surface area (Å²) < 4.78 is 5.66. The summed E-state index contributed by atoms with van der Waals surface area (Å²) in [5, 5.41) is 29.1. The average Bonchev–Trinajstić information content (AvgIpc) is 2.39. The molecule has 0 aliphatic rings. The van der Waals surface area contributed by atoms with Crippen molar-refractivity contribution in [2.45, 2.75) is 66.2 Å². The molecule has 2 atom stereocenters. The van der Waals surface area contributed by atoms with Crippen molar-refractivity contribution in [3.8, 4) is 0 Å². The van der Waals surface area contributed by atoms with Crippen molar-refractivity contribution in [2.75, 3.05) is 13.2 Å². The smallest absolute Gasteiger partial charge is 0.328 e. The van der Waals surface area contributed by atoms with Gasteiger partial charge in [0.1, 0.15) is 12.6 Å². The highest BCUT2D eigenvalue weighted by Crippen LogP contribution is 2.21. The van der Waals surface area contributed by atoms with Crippen LogP contribution in [0.25, 0.3) is 0 Å². The molecule has 0 aliphatic heterocycles. The fourth-order valence-corrected chi connectivity index (χ4v) is 1.20. The first kappa shape index (κ1) is 24.8. The Hall–Kier alpha value is -1.44. The Balaban J connectivity index is 0. The van der Waals surface area contributed by atoms with Gasteiger partial charge in [-0.25, -0.2) is 4.79 Å². The Kier molecular flexibility index (Phi) is 11.5. The Morgan fingerprint density at radius 2 is 1.67 bits per heavy atom. The number of carbonyl (C=O) groups excluding carboxylic acids is 1. The summed E-state index contributed by atoms with van der Waals surface area (Å²) in [4.78, 5) is 19.0. The summed E-state index contributed by atoms with van der Waals surface area (Å²) in [6.07, 6.45) is 0.721. The van der Waals surface area contributed by atoms with Crippen LogP contribution in [0.2, 0.25) is 0 Å². The van der Waals surface area contributed by atoms with Gasteiger partial charge in [0.25, 0.3) is 0 Å². The van der Waals surface area contributed by atoms with E-state index < -0.39 is 11.9 Å². The molecule has 0 aliphatic carbocycles. The number of ether oxygens (including phenoxy) is 1. The molecule has 142 valence electrons. The zero-order valence-electron chi connectivity index (χ0n) is 15.8. The summed E-state index contributed by atoms with van der Waals surface area (Å²) in [7, 11) is 0. The van der Waals surface area contributed by atoms with E-state index >= 15 is 0 Å². The minimum absolute atomic E-state index is 0.132. The van der Waals surface area contributed by atoms with Crippen molar-refractivity contribution in [3.05, 3.63) is 12.2 Å². The number of carboxylic acids is 2. The minimum Gasteiger partial charge on any atom is -0.545 e. The molecule has 0 aromatic carbocycles. The van der Waals surface area contributed by atoms with Gasteiger partial charge in [-0.3, -0.25) is 0 Å². The van der Waals surface area contributed by atoms with E-state index in [1.54, 1.807) is 0 Å². The molecule has 0 aromatic heterocycles. The Morgan fingerprint density at radius 3 is 1.96 bits per heavy atom. The van der Waals surface area contributed by atoms with Crippen molar-refractivity contribution in [3.63, 3.8) is 0 Å². The lowest BCUT2D eigenvalue weighted by Gasteiger charge is -2.28. The maximum atomic E-state index is 9.77. The van der Waals surface area contributed by atoms with Gasteiger partial charge in [-0.05, 0) is 39.2 Å². The van der Waals surface area contributed by atoms with Gasteiger partial charge in [-0.1, -0.05) is 20.8 Å². The second-order valence-electron chi connectivity index (χ2n) is 7.79. The van der Waals surface area contributed by atoms with Gasteiger partial charge in [0.05, 0.1) is 24.2 Å². The predicted molar refractivity (Wildman–Crippen MR) is 89.2 cm³/mol. The Bertz CT molecular complexity index is 390. The monoisotopic (exact) mass is 347 g/mol. The third-order valence-corrected chi connectivity index (χ3v) is 3.12. The van der Waals surface area contributed by atoms with Crippen LogP contribution in [0.1, 0.15) is 48.5 Å². The van der Waals surface area contributed by atoms with Crippen molar-refractivity contribution < 1.29 is 35.0 Å². The SMILES string of the molecule is CC(OCC(O)C[NH2+]C(C)(C)C)C(C)(C)C.O=C([O-])/C=C/C(=O)O. The molecule has 0 saturated carbocycles. The Labute approximate surface area is 144 Å². The number of rotatable bonds is 7. The summed E-state index contributed by atoms with van der Waals surface area (Å²) in [6, 6.07) is 0. The van der Waals surface area contributed by atoms with Crippen LogP contribution in [-0.4, -0.2) is 53.1 Å². The van der Waals surface area contributed by atoms with Gasteiger partial charge in [-0.15, -0.1) is 0 Å². The summed E-state index contributed by atoms with van der Waals surface area (Å²) >= 11 is 0. The third kappa shape index (κ3) is 18.6. The summed E-state index contributed by atoms with van der Waals surface area (Å²) in [6.45, 7) is 16.0. The number of carbonyl (C=O) groups is 2. The predicted octanol–water partition coefficient (Wildman–Crippen LogP) is -0.462. The third-order valence-electron chi connectivity index (χ3n) is 3.12. The number of nitrogens with two attached hydrogens (primary N) is 1. The highest BCUT2D eigenvalue weighted by molar-refractivity contribution is 5.88. The van der Waals surface area contributed by atoms with E-state index in [1.165, 1.54) is 0 Å². The number of aliphatic hydroxyl groups excluding tert-OH is 1. The molecule has 0 saturated heterocycles. The topological polar surface area (TPSA) is 124 Å². The molecule has 0 amide bonds. The molecule has 0 spiro atoms. The van der Waals surface area contributed by atoms with Crippen molar-refractivity contribution in [2.24, 2.45) is 5.41 Å². The molecule has 7 heteroatoms. The number of aliphatic hydroxyl groups is 1. The lowest BCUT2D eigenvalue weighted by atomic mass is 9.90. The Morgan fingerprint density at radius 1 is 1.17 bits per heavy atom. The highest BCUT2D eigenvalue weighted by Gasteiger charge is 2.22. The number of carboxylic acid groups (broad SMARTS) is 2. The van der Waals surface area contributed by atoms with Gasteiger partial charge in [0.15, 0.2) is 0 Å². The van der Waals surface area contributed by atoms with Gasteiger partial charge in [0, 0.05) is 6.08 Å².